The van der Waals surface area contributed by atoms with Gasteiger partial charge in [-0.2, -0.15) is 0 Å². The number of nitrogens with two attached hydrogens (primary N) is 1. The van der Waals surface area contributed by atoms with Gasteiger partial charge in [-0.1, -0.05) is 51.8 Å². The van der Waals surface area contributed by atoms with Crippen LogP contribution in [0.25, 0.3) is 0 Å². The molecule has 0 bridgehead atoms. The third-order valence-electron chi connectivity index (χ3n) is 2.97. The molecule has 0 aliphatic heterocycles. The summed E-state index contributed by atoms with van der Waals surface area (Å²) in [4.78, 5) is 0. The molecule has 1 nitrogen and oxygen atoms in total. The van der Waals surface area contributed by atoms with Crippen LogP contribution in [0.3, 0.4) is 0 Å². The fourth-order valence-electron chi connectivity index (χ4n) is 2.05. The molecule has 0 aliphatic rings. The van der Waals surface area contributed by atoms with Gasteiger partial charge in [0.15, 0.2) is 0 Å². The van der Waals surface area contributed by atoms with Gasteiger partial charge in [0.1, 0.15) is 0 Å². The Morgan fingerprint density at radius 2 is 1.82 bits per heavy atom. The second kappa shape index (κ2) is 5.03. The molecule has 0 fully saturated rings. The van der Waals surface area contributed by atoms with Gasteiger partial charge in [-0.05, 0) is 42.7 Å². The summed E-state index contributed by atoms with van der Waals surface area (Å²) in [7, 11) is 0. The Hall–Kier alpha value is -1.12. The largest absolute Gasteiger partial charge is 0.320 e. The normalized spacial score (nSPS) is 12.5. The maximum absolute atomic E-state index is 6.32. The predicted octanol–water partition coefficient (Wildman–Crippen LogP) is 4.11. The van der Waals surface area contributed by atoms with E-state index in [1.54, 1.807) is 0 Å². The lowest BCUT2D eigenvalue weighted by atomic mass is 9.95. The third-order valence-corrected chi connectivity index (χ3v) is 3.46. The molecule has 0 radical (unpaired) electrons. The van der Waals surface area contributed by atoms with Crippen LogP contribution >= 0.6 is 15.9 Å². The standard InChI is InChI=1S/C15H16BrN/c1-10-6-7-14(11(2)8-10)15(17)12-4-3-5-13(16)9-12/h3-9,15H,17H2,1-2H3. The quantitative estimate of drug-likeness (QED) is 0.884. The Kier molecular flexibility index (Phi) is 3.65. The Labute approximate surface area is 111 Å². The number of aryl methyl sites for hydroxylation is 2. The van der Waals surface area contributed by atoms with Gasteiger partial charge in [-0.3, -0.25) is 0 Å². The van der Waals surface area contributed by atoms with Crippen molar-refractivity contribution in [2.24, 2.45) is 5.73 Å². The van der Waals surface area contributed by atoms with E-state index in [-0.39, 0.29) is 6.04 Å². The molecular weight excluding hydrogens is 274 g/mol. The molecule has 2 rings (SSSR count). The van der Waals surface area contributed by atoms with Crippen LogP contribution in [0.15, 0.2) is 46.9 Å². The average molecular weight is 290 g/mol. The minimum Gasteiger partial charge on any atom is -0.320 e. The van der Waals surface area contributed by atoms with Crippen LogP contribution in [0, 0.1) is 13.8 Å². The van der Waals surface area contributed by atoms with E-state index in [1.165, 1.54) is 16.7 Å². The fraction of sp³-hybridized carbons (Fsp3) is 0.200. The molecule has 17 heavy (non-hydrogen) atoms. The highest BCUT2D eigenvalue weighted by atomic mass is 79.9. The Balaban J connectivity index is 2.40. The maximum atomic E-state index is 6.32. The summed E-state index contributed by atoms with van der Waals surface area (Å²) in [5, 5.41) is 0. The zero-order chi connectivity index (χ0) is 12.4. The SMILES string of the molecule is Cc1ccc(C(N)c2cccc(Br)c2)c(C)c1. The summed E-state index contributed by atoms with van der Waals surface area (Å²) in [5.41, 5.74) is 11.2. The van der Waals surface area contributed by atoms with E-state index in [2.05, 4.69) is 60.1 Å². The van der Waals surface area contributed by atoms with Gasteiger partial charge >= 0.3 is 0 Å². The van der Waals surface area contributed by atoms with Crippen molar-refractivity contribution < 1.29 is 0 Å². The van der Waals surface area contributed by atoms with Crippen LogP contribution in [-0.2, 0) is 0 Å². The van der Waals surface area contributed by atoms with Crippen LogP contribution < -0.4 is 5.73 Å². The molecule has 0 aromatic heterocycles. The van der Waals surface area contributed by atoms with E-state index in [9.17, 15) is 0 Å². The van der Waals surface area contributed by atoms with Crippen LogP contribution in [0.5, 0.6) is 0 Å². The number of hydrogen-bond acceptors (Lipinski definition) is 1. The van der Waals surface area contributed by atoms with Crippen molar-refractivity contribution in [3.63, 3.8) is 0 Å². The van der Waals surface area contributed by atoms with Crippen molar-refractivity contribution in [1.29, 1.82) is 0 Å². The predicted molar refractivity (Wildman–Crippen MR) is 76.1 cm³/mol. The first-order valence-corrected chi connectivity index (χ1v) is 6.45. The first-order valence-electron chi connectivity index (χ1n) is 5.66. The second-order valence-corrected chi connectivity index (χ2v) is 5.31. The maximum Gasteiger partial charge on any atom is 0.0554 e. The van der Waals surface area contributed by atoms with E-state index < -0.39 is 0 Å². The number of hydrogen-bond donors (Lipinski definition) is 1. The number of benzene rings is 2. The Morgan fingerprint density at radius 3 is 2.47 bits per heavy atom. The molecule has 0 aliphatic carbocycles. The van der Waals surface area contributed by atoms with Gasteiger partial charge in [-0.15, -0.1) is 0 Å². The van der Waals surface area contributed by atoms with Gasteiger partial charge in [-0.25, -0.2) is 0 Å². The fourth-order valence-corrected chi connectivity index (χ4v) is 2.47. The van der Waals surface area contributed by atoms with Crippen molar-refractivity contribution >= 4 is 15.9 Å². The summed E-state index contributed by atoms with van der Waals surface area (Å²) >= 11 is 3.48. The number of rotatable bonds is 2. The van der Waals surface area contributed by atoms with Crippen molar-refractivity contribution in [3.05, 3.63) is 69.2 Å². The van der Waals surface area contributed by atoms with Crippen LogP contribution in [0.2, 0.25) is 0 Å². The van der Waals surface area contributed by atoms with Gasteiger partial charge in [0, 0.05) is 4.47 Å². The summed E-state index contributed by atoms with van der Waals surface area (Å²) in [6.45, 7) is 4.21. The lowest BCUT2D eigenvalue weighted by Crippen LogP contribution is -2.13. The average Bonchev–Trinajstić information content (AvgIpc) is 2.28. The minimum atomic E-state index is -0.0619. The molecule has 0 saturated carbocycles. The van der Waals surface area contributed by atoms with Crippen LogP contribution in [0.4, 0.5) is 0 Å². The zero-order valence-electron chi connectivity index (χ0n) is 10.1. The molecule has 88 valence electrons. The molecular formula is C15H16BrN. The second-order valence-electron chi connectivity index (χ2n) is 4.39. The summed E-state index contributed by atoms with van der Waals surface area (Å²) < 4.78 is 1.07. The van der Waals surface area contributed by atoms with Crippen LogP contribution in [0.1, 0.15) is 28.3 Å². The zero-order valence-corrected chi connectivity index (χ0v) is 11.7. The molecule has 2 N–H and O–H groups in total. The van der Waals surface area contributed by atoms with Crippen molar-refractivity contribution in [2.45, 2.75) is 19.9 Å². The topological polar surface area (TPSA) is 26.0 Å². The molecule has 0 spiro atoms. The number of halogens is 1. The van der Waals surface area contributed by atoms with Crippen LogP contribution in [-0.4, -0.2) is 0 Å². The lowest BCUT2D eigenvalue weighted by Gasteiger charge is -2.16. The van der Waals surface area contributed by atoms with Gasteiger partial charge in [0.25, 0.3) is 0 Å². The first kappa shape index (κ1) is 12.3. The van der Waals surface area contributed by atoms with E-state index in [0.29, 0.717) is 0 Å². The molecule has 1 atom stereocenters. The highest BCUT2D eigenvalue weighted by molar-refractivity contribution is 9.10. The van der Waals surface area contributed by atoms with Crippen molar-refractivity contribution in [3.8, 4) is 0 Å². The highest BCUT2D eigenvalue weighted by Gasteiger charge is 2.11. The minimum absolute atomic E-state index is 0.0619. The van der Waals surface area contributed by atoms with E-state index in [0.717, 1.165) is 10.0 Å². The summed E-state index contributed by atoms with van der Waals surface area (Å²) in [5.74, 6) is 0. The molecule has 0 saturated heterocycles. The van der Waals surface area contributed by atoms with Crippen molar-refractivity contribution in [1.82, 2.24) is 0 Å². The third kappa shape index (κ3) is 2.76. The van der Waals surface area contributed by atoms with E-state index >= 15 is 0 Å². The molecule has 1 unspecified atom stereocenters. The molecule has 2 aromatic carbocycles. The Morgan fingerprint density at radius 1 is 1.06 bits per heavy atom. The smallest absolute Gasteiger partial charge is 0.0554 e. The van der Waals surface area contributed by atoms with Crippen molar-refractivity contribution in [2.75, 3.05) is 0 Å². The lowest BCUT2D eigenvalue weighted by molar-refractivity contribution is 0.860. The molecule has 2 heteroatoms. The van der Waals surface area contributed by atoms with Gasteiger partial charge in [0.05, 0.1) is 6.04 Å². The van der Waals surface area contributed by atoms with E-state index in [1.807, 2.05) is 12.1 Å². The summed E-state index contributed by atoms with van der Waals surface area (Å²) in [6, 6.07) is 14.5. The molecule has 0 amide bonds. The summed E-state index contributed by atoms with van der Waals surface area (Å²) in [6.07, 6.45) is 0. The monoisotopic (exact) mass is 289 g/mol. The van der Waals surface area contributed by atoms with Gasteiger partial charge < -0.3 is 5.73 Å². The molecule has 2 aromatic rings. The Bertz CT molecular complexity index is 534. The molecule has 0 heterocycles. The van der Waals surface area contributed by atoms with E-state index in [4.69, 9.17) is 5.73 Å². The van der Waals surface area contributed by atoms with Gasteiger partial charge in [0.2, 0.25) is 0 Å². The highest BCUT2D eigenvalue weighted by Crippen LogP contribution is 2.25. The first-order chi connectivity index (χ1) is 8.08.